The average Bonchev–Trinajstić information content (AvgIpc) is 3.14. The van der Waals surface area contributed by atoms with Crippen molar-refractivity contribution in [2.75, 3.05) is 20.1 Å². The Morgan fingerprint density at radius 2 is 1.93 bits per heavy atom. The molecule has 1 aliphatic heterocycles. The molecule has 0 amide bonds. The molecule has 27 heavy (non-hydrogen) atoms. The molecule has 0 saturated carbocycles. The smallest absolute Gasteiger partial charge is 0.213 e. The minimum Gasteiger partial charge on any atom is -0.443 e. The number of guanidine groups is 1. The number of aromatic nitrogens is 1. The van der Waals surface area contributed by atoms with E-state index in [1.807, 2.05) is 13.2 Å². The number of aliphatic imine (C=N–C) groups is 1. The summed E-state index contributed by atoms with van der Waals surface area (Å²) >= 11 is 0. The number of benzene rings is 1. The summed E-state index contributed by atoms with van der Waals surface area (Å²) in [4.78, 5) is 11.1. The molecule has 1 aromatic heterocycles. The number of rotatable bonds is 3. The lowest BCUT2D eigenvalue weighted by atomic mass is 9.94. The van der Waals surface area contributed by atoms with Crippen LogP contribution < -0.4 is 5.32 Å². The lowest BCUT2D eigenvalue weighted by molar-refractivity contribution is 0.361. The predicted molar refractivity (Wildman–Crippen MR) is 111 cm³/mol. The Morgan fingerprint density at radius 1 is 1.22 bits per heavy atom. The van der Waals surface area contributed by atoms with E-state index in [0.29, 0.717) is 12.4 Å². The van der Waals surface area contributed by atoms with Crippen LogP contribution in [0.15, 0.2) is 51.5 Å². The van der Waals surface area contributed by atoms with Crippen LogP contribution in [0.25, 0.3) is 6.08 Å². The molecule has 0 aliphatic carbocycles. The van der Waals surface area contributed by atoms with Crippen LogP contribution in [0.5, 0.6) is 0 Å². The highest BCUT2D eigenvalue weighted by molar-refractivity contribution is 5.80. The van der Waals surface area contributed by atoms with Crippen molar-refractivity contribution in [1.82, 2.24) is 15.2 Å². The predicted octanol–water partition coefficient (Wildman–Crippen LogP) is 4.23. The number of hydrogen-bond donors (Lipinski definition) is 1. The van der Waals surface area contributed by atoms with Crippen LogP contribution in [0, 0.1) is 0 Å². The highest BCUT2D eigenvalue weighted by Gasteiger charge is 2.20. The molecule has 2 aromatic rings. The monoisotopic (exact) mass is 366 g/mol. The molecule has 1 saturated heterocycles. The van der Waals surface area contributed by atoms with Crippen LogP contribution in [0.4, 0.5) is 0 Å². The molecule has 0 bridgehead atoms. The first-order valence-electron chi connectivity index (χ1n) is 9.61. The molecule has 0 spiro atoms. The SMILES string of the molecule is CN=C(NCc1ncc(C(C)(C)C)o1)N1CCC(=Cc2ccccc2)CC1. The van der Waals surface area contributed by atoms with Crippen LogP contribution in [-0.2, 0) is 12.0 Å². The zero-order valence-electron chi connectivity index (χ0n) is 16.8. The molecular formula is C22H30N4O. The fourth-order valence-electron chi connectivity index (χ4n) is 3.16. The van der Waals surface area contributed by atoms with Gasteiger partial charge in [-0.2, -0.15) is 0 Å². The largest absolute Gasteiger partial charge is 0.443 e. The Kier molecular flexibility index (Phi) is 5.99. The molecule has 1 aliphatic rings. The highest BCUT2D eigenvalue weighted by atomic mass is 16.4. The Bertz CT molecular complexity index is 789. The third kappa shape index (κ3) is 5.22. The Labute approximate surface area is 162 Å². The molecule has 3 rings (SSSR count). The molecule has 1 fully saturated rings. The maximum Gasteiger partial charge on any atom is 0.213 e. The molecule has 1 aromatic carbocycles. The van der Waals surface area contributed by atoms with Gasteiger partial charge in [0.15, 0.2) is 5.96 Å². The second kappa shape index (κ2) is 8.42. The first-order valence-corrected chi connectivity index (χ1v) is 9.61. The van der Waals surface area contributed by atoms with Gasteiger partial charge in [-0.1, -0.05) is 62.8 Å². The minimum absolute atomic E-state index is 0.0265. The lowest BCUT2D eigenvalue weighted by Gasteiger charge is -2.31. The van der Waals surface area contributed by atoms with Gasteiger partial charge in [-0.3, -0.25) is 4.99 Å². The van der Waals surface area contributed by atoms with Crippen molar-refractivity contribution < 1.29 is 4.42 Å². The van der Waals surface area contributed by atoms with Gasteiger partial charge in [0.2, 0.25) is 5.89 Å². The third-order valence-corrected chi connectivity index (χ3v) is 4.78. The third-order valence-electron chi connectivity index (χ3n) is 4.78. The van der Waals surface area contributed by atoms with Gasteiger partial charge < -0.3 is 14.6 Å². The van der Waals surface area contributed by atoms with Crippen molar-refractivity contribution in [1.29, 1.82) is 0 Å². The number of piperidine rings is 1. The van der Waals surface area contributed by atoms with Crippen molar-refractivity contribution in [2.24, 2.45) is 4.99 Å². The van der Waals surface area contributed by atoms with Crippen molar-refractivity contribution in [3.05, 3.63) is 59.3 Å². The summed E-state index contributed by atoms with van der Waals surface area (Å²) in [6, 6.07) is 10.5. The summed E-state index contributed by atoms with van der Waals surface area (Å²) in [5.74, 6) is 2.51. The number of likely N-dealkylation sites (tertiary alicyclic amines) is 1. The van der Waals surface area contributed by atoms with E-state index in [2.05, 4.69) is 77.4 Å². The van der Waals surface area contributed by atoms with E-state index in [1.54, 1.807) is 0 Å². The fourth-order valence-corrected chi connectivity index (χ4v) is 3.16. The number of oxazole rings is 1. The molecular weight excluding hydrogens is 336 g/mol. The Balaban J connectivity index is 1.53. The molecule has 0 atom stereocenters. The van der Waals surface area contributed by atoms with E-state index >= 15 is 0 Å². The molecule has 0 radical (unpaired) electrons. The van der Waals surface area contributed by atoms with Gasteiger partial charge in [-0.15, -0.1) is 0 Å². The van der Waals surface area contributed by atoms with E-state index in [9.17, 15) is 0 Å². The minimum atomic E-state index is -0.0265. The normalized spacial score (nSPS) is 15.8. The average molecular weight is 367 g/mol. The zero-order valence-corrected chi connectivity index (χ0v) is 16.8. The first kappa shape index (κ1) is 19.2. The van der Waals surface area contributed by atoms with Crippen molar-refractivity contribution in [3.8, 4) is 0 Å². The van der Waals surface area contributed by atoms with Crippen molar-refractivity contribution in [2.45, 2.75) is 45.6 Å². The van der Waals surface area contributed by atoms with E-state index in [-0.39, 0.29) is 5.41 Å². The Hall–Kier alpha value is -2.56. The zero-order chi connectivity index (χ0) is 19.3. The maximum atomic E-state index is 5.86. The van der Waals surface area contributed by atoms with Crippen LogP contribution >= 0.6 is 0 Å². The van der Waals surface area contributed by atoms with Gasteiger partial charge in [-0.25, -0.2) is 4.98 Å². The van der Waals surface area contributed by atoms with Gasteiger partial charge in [0.1, 0.15) is 5.76 Å². The summed E-state index contributed by atoms with van der Waals surface area (Å²) < 4.78 is 5.86. The molecule has 1 N–H and O–H groups in total. The number of nitrogens with zero attached hydrogens (tertiary/aromatic N) is 3. The first-order chi connectivity index (χ1) is 13.0. The molecule has 5 nitrogen and oxygen atoms in total. The van der Waals surface area contributed by atoms with E-state index < -0.39 is 0 Å². The maximum absolute atomic E-state index is 5.86. The highest BCUT2D eigenvalue weighted by Crippen LogP contribution is 2.23. The molecule has 144 valence electrons. The van der Waals surface area contributed by atoms with Gasteiger partial charge in [0, 0.05) is 25.6 Å². The second-order valence-electron chi connectivity index (χ2n) is 7.97. The summed E-state index contributed by atoms with van der Waals surface area (Å²) in [5, 5.41) is 3.38. The summed E-state index contributed by atoms with van der Waals surface area (Å²) in [6.07, 6.45) is 6.25. The van der Waals surface area contributed by atoms with Gasteiger partial charge >= 0.3 is 0 Å². The molecule has 0 unspecified atom stereocenters. The summed E-state index contributed by atoms with van der Waals surface area (Å²) in [5.41, 5.74) is 2.75. The lowest BCUT2D eigenvalue weighted by Crippen LogP contribution is -2.44. The number of hydrogen-bond acceptors (Lipinski definition) is 3. The van der Waals surface area contributed by atoms with Crippen molar-refractivity contribution >= 4 is 12.0 Å². The van der Waals surface area contributed by atoms with Crippen LogP contribution in [0.2, 0.25) is 0 Å². The fraction of sp³-hybridized carbons (Fsp3) is 0.455. The summed E-state index contributed by atoms with van der Waals surface area (Å²) in [6.45, 7) is 8.86. The quantitative estimate of drug-likeness (QED) is 0.652. The van der Waals surface area contributed by atoms with Crippen molar-refractivity contribution in [3.63, 3.8) is 0 Å². The van der Waals surface area contributed by atoms with Crippen LogP contribution in [0.3, 0.4) is 0 Å². The second-order valence-corrected chi connectivity index (χ2v) is 7.97. The molecule has 5 heteroatoms. The number of nitrogens with one attached hydrogen (secondary N) is 1. The van der Waals surface area contributed by atoms with E-state index in [4.69, 9.17) is 4.42 Å². The molecule has 2 heterocycles. The summed E-state index contributed by atoms with van der Waals surface area (Å²) in [7, 11) is 1.83. The van der Waals surface area contributed by atoms with Gasteiger partial charge in [0.25, 0.3) is 0 Å². The van der Waals surface area contributed by atoms with Gasteiger partial charge in [0.05, 0.1) is 12.7 Å². The topological polar surface area (TPSA) is 53.7 Å². The van der Waals surface area contributed by atoms with Gasteiger partial charge in [-0.05, 0) is 18.4 Å². The van der Waals surface area contributed by atoms with Crippen LogP contribution in [0.1, 0.15) is 50.8 Å². The van der Waals surface area contributed by atoms with Crippen LogP contribution in [-0.4, -0.2) is 36.0 Å². The van der Waals surface area contributed by atoms with E-state index in [0.717, 1.165) is 37.7 Å². The Morgan fingerprint density at radius 3 is 2.52 bits per heavy atom. The standard InChI is InChI=1S/C22H30N4O/c1-22(2,3)19-15-24-20(27-19)16-25-21(23-4)26-12-10-18(11-13-26)14-17-8-6-5-7-9-17/h5-9,14-15H,10-13,16H2,1-4H3,(H,23,25). The van der Waals surface area contributed by atoms with E-state index in [1.165, 1.54) is 11.1 Å².